The van der Waals surface area contributed by atoms with Gasteiger partial charge in [-0.1, -0.05) is 54.6 Å². The maximum absolute atomic E-state index is 9.92. The Bertz CT molecular complexity index is 630. The van der Waals surface area contributed by atoms with E-state index in [1.807, 2.05) is 47.4 Å². The van der Waals surface area contributed by atoms with E-state index in [9.17, 15) is 20.4 Å². The number of hydrogen-bond acceptors (Lipinski definition) is 5. The first-order valence-corrected chi connectivity index (χ1v) is 8.13. The fourth-order valence-corrected chi connectivity index (χ4v) is 3.10. The number of likely N-dealkylation sites (tertiary alicyclic amines) is 1. The summed E-state index contributed by atoms with van der Waals surface area (Å²) in [4.78, 5) is 1.84. The van der Waals surface area contributed by atoms with Crippen LogP contribution in [0, 0.1) is 0 Å². The van der Waals surface area contributed by atoms with Crippen LogP contribution in [0.5, 0.6) is 0 Å². The van der Waals surface area contributed by atoms with Crippen LogP contribution in [0.1, 0.15) is 5.56 Å². The van der Waals surface area contributed by atoms with E-state index >= 15 is 0 Å². The summed E-state index contributed by atoms with van der Waals surface area (Å²) < 4.78 is 0. The average molecular weight is 329 g/mol. The second-order valence-corrected chi connectivity index (χ2v) is 6.37. The normalized spacial score (nSPS) is 28.5. The summed E-state index contributed by atoms with van der Waals surface area (Å²) in [5.74, 6) is 0. The van der Waals surface area contributed by atoms with Gasteiger partial charge < -0.3 is 20.4 Å². The van der Waals surface area contributed by atoms with Crippen molar-refractivity contribution < 1.29 is 20.4 Å². The Labute approximate surface area is 141 Å². The van der Waals surface area contributed by atoms with E-state index in [4.69, 9.17) is 0 Å². The third-order valence-electron chi connectivity index (χ3n) is 4.50. The van der Waals surface area contributed by atoms with Crippen LogP contribution in [-0.2, 0) is 6.54 Å². The van der Waals surface area contributed by atoms with Gasteiger partial charge in [-0.3, -0.25) is 4.90 Å². The molecule has 1 aliphatic rings. The van der Waals surface area contributed by atoms with Crippen LogP contribution in [0.15, 0.2) is 54.6 Å². The Morgan fingerprint density at radius 2 is 1.21 bits per heavy atom. The number of β-amino-alcohol motifs (C(OH)–C–C–N with tert-alkyl or cyclic N) is 2. The number of rotatable bonds is 3. The predicted octanol–water partition coefficient (Wildman–Crippen LogP) is 0.613. The van der Waals surface area contributed by atoms with Crippen molar-refractivity contribution >= 4 is 0 Å². The molecule has 2 aromatic carbocycles. The smallest absolute Gasteiger partial charge is 0.110 e. The van der Waals surface area contributed by atoms with Crippen LogP contribution in [0.2, 0.25) is 0 Å². The van der Waals surface area contributed by atoms with Crippen molar-refractivity contribution in [1.82, 2.24) is 4.90 Å². The molecule has 4 N–H and O–H groups in total. The standard InChI is InChI=1S/C19H23NO4/c21-16-11-20(12-17(22)19(24)18(16)23)10-13-6-8-15(9-7-13)14-4-2-1-3-5-14/h1-9,16-19,21-24H,10-12H2. The molecule has 0 aromatic heterocycles. The van der Waals surface area contributed by atoms with Crippen LogP contribution < -0.4 is 0 Å². The average Bonchev–Trinajstić information content (AvgIpc) is 2.69. The van der Waals surface area contributed by atoms with Gasteiger partial charge in [0.05, 0.1) is 12.2 Å². The summed E-state index contributed by atoms with van der Waals surface area (Å²) in [6, 6.07) is 18.2. The minimum atomic E-state index is -1.33. The molecule has 0 aliphatic carbocycles. The van der Waals surface area contributed by atoms with Crippen molar-refractivity contribution in [3.05, 3.63) is 60.2 Å². The summed E-state index contributed by atoms with van der Waals surface area (Å²) in [5, 5.41) is 39.4. The molecule has 0 spiro atoms. The molecule has 2 aromatic rings. The lowest BCUT2D eigenvalue weighted by Gasteiger charge is -2.23. The summed E-state index contributed by atoms with van der Waals surface area (Å²) in [5.41, 5.74) is 3.32. The third kappa shape index (κ3) is 3.83. The Kier molecular flexibility index (Phi) is 5.28. The van der Waals surface area contributed by atoms with Crippen molar-refractivity contribution in [3.63, 3.8) is 0 Å². The quantitative estimate of drug-likeness (QED) is 0.663. The van der Waals surface area contributed by atoms with Gasteiger partial charge in [0.2, 0.25) is 0 Å². The second-order valence-electron chi connectivity index (χ2n) is 6.37. The highest BCUT2D eigenvalue weighted by molar-refractivity contribution is 5.63. The minimum Gasteiger partial charge on any atom is -0.389 e. The van der Waals surface area contributed by atoms with Gasteiger partial charge in [-0.2, -0.15) is 0 Å². The van der Waals surface area contributed by atoms with E-state index in [0.29, 0.717) is 6.54 Å². The minimum absolute atomic E-state index is 0.204. The maximum atomic E-state index is 9.92. The Hall–Kier alpha value is -1.76. The van der Waals surface area contributed by atoms with E-state index < -0.39 is 24.4 Å². The Morgan fingerprint density at radius 1 is 0.708 bits per heavy atom. The molecule has 4 unspecified atom stereocenters. The van der Waals surface area contributed by atoms with Crippen molar-refractivity contribution in [2.24, 2.45) is 0 Å². The molecule has 5 heteroatoms. The van der Waals surface area contributed by atoms with Crippen LogP contribution in [0.25, 0.3) is 11.1 Å². The molecule has 1 saturated heterocycles. The molecule has 1 aliphatic heterocycles. The lowest BCUT2D eigenvalue weighted by Crippen LogP contribution is -2.43. The van der Waals surface area contributed by atoms with Gasteiger partial charge in [-0.05, 0) is 16.7 Å². The van der Waals surface area contributed by atoms with Crippen molar-refractivity contribution in [2.75, 3.05) is 13.1 Å². The molecule has 0 radical (unpaired) electrons. The van der Waals surface area contributed by atoms with Gasteiger partial charge in [0, 0.05) is 19.6 Å². The molecule has 128 valence electrons. The predicted molar refractivity (Wildman–Crippen MR) is 91.2 cm³/mol. The molecule has 4 atom stereocenters. The number of hydrogen-bond donors (Lipinski definition) is 4. The molecule has 0 amide bonds. The molecule has 1 fully saturated rings. The zero-order chi connectivity index (χ0) is 17.1. The van der Waals surface area contributed by atoms with Gasteiger partial charge in [0.15, 0.2) is 0 Å². The van der Waals surface area contributed by atoms with E-state index in [0.717, 1.165) is 16.7 Å². The highest BCUT2D eigenvalue weighted by Gasteiger charge is 2.36. The zero-order valence-corrected chi connectivity index (χ0v) is 13.4. The third-order valence-corrected chi connectivity index (χ3v) is 4.50. The Balaban J connectivity index is 1.69. The summed E-state index contributed by atoms with van der Waals surface area (Å²) in [6.07, 6.45) is -4.82. The van der Waals surface area contributed by atoms with E-state index in [1.54, 1.807) is 0 Å². The molecule has 24 heavy (non-hydrogen) atoms. The van der Waals surface area contributed by atoms with Crippen molar-refractivity contribution in [2.45, 2.75) is 31.0 Å². The largest absolute Gasteiger partial charge is 0.389 e. The maximum Gasteiger partial charge on any atom is 0.110 e. The fourth-order valence-electron chi connectivity index (χ4n) is 3.10. The van der Waals surface area contributed by atoms with Crippen LogP contribution in [0.3, 0.4) is 0 Å². The van der Waals surface area contributed by atoms with Crippen LogP contribution in [0.4, 0.5) is 0 Å². The molecule has 0 saturated carbocycles. The first-order chi connectivity index (χ1) is 11.5. The summed E-state index contributed by atoms with van der Waals surface area (Å²) >= 11 is 0. The number of aliphatic hydroxyl groups is 4. The number of aliphatic hydroxyl groups excluding tert-OH is 4. The fraction of sp³-hybridized carbons (Fsp3) is 0.368. The Morgan fingerprint density at radius 3 is 1.75 bits per heavy atom. The zero-order valence-electron chi connectivity index (χ0n) is 13.4. The highest BCUT2D eigenvalue weighted by Crippen LogP contribution is 2.21. The van der Waals surface area contributed by atoms with E-state index in [-0.39, 0.29) is 13.1 Å². The van der Waals surface area contributed by atoms with E-state index in [1.165, 1.54) is 0 Å². The lowest BCUT2D eigenvalue weighted by atomic mass is 10.0. The van der Waals surface area contributed by atoms with Crippen molar-refractivity contribution in [3.8, 4) is 11.1 Å². The van der Waals surface area contributed by atoms with Gasteiger partial charge in [0.1, 0.15) is 12.2 Å². The number of nitrogens with zero attached hydrogens (tertiary/aromatic N) is 1. The molecule has 1 heterocycles. The highest BCUT2D eigenvalue weighted by atomic mass is 16.4. The van der Waals surface area contributed by atoms with Crippen LogP contribution in [-0.4, -0.2) is 62.8 Å². The summed E-state index contributed by atoms with van der Waals surface area (Å²) in [7, 11) is 0. The first kappa shape index (κ1) is 17.1. The molecule has 0 bridgehead atoms. The van der Waals surface area contributed by atoms with Crippen molar-refractivity contribution in [1.29, 1.82) is 0 Å². The second kappa shape index (κ2) is 7.42. The van der Waals surface area contributed by atoms with Crippen LogP contribution >= 0.6 is 0 Å². The molecular weight excluding hydrogens is 306 g/mol. The monoisotopic (exact) mass is 329 g/mol. The van der Waals surface area contributed by atoms with Gasteiger partial charge >= 0.3 is 0 Å². The molecule has 5 nitrogen and oxygen atoms in total. The molecule has 3 rings (SSSR count). The van der Waals surface area contributed by atoms with E-state index in [2.05, 4.69) is 12.1 Å². The number of benzene rings is 2. The lowest BCUT2D eigenvalue weighted by molar-refractivity contribution is -0.0894. The van der Waals surface area contributed by atoms with Gasteiger partial charge in [0.25, 0.3) is 0 Å². The summed E-state index contributed by atoms with van der Waals surface area (Å²) in [6.45, 7) is 0.939. The van der Waals surface area contributed by atoms with Gasteiger partial charge in [-0.25, -0.2) is 0 Å². The SMILES string of the molecule is OC1CN(Cc2ccc(-c3ccccc3)cc2)CC(O)C(O)C1O. The topological polar surface area (TPSA) is 84.2 Å². The molecular formula is C19H23NO4. The van der Waals surface area contributed by atoms with Gasteiger partial charge in [-0.15, -0.1) is 0 Å². The first-order valence-electron chi connectivity index (χ1n) is 8.13.